The van der Waals surface area contributed by atoms with Gasteiger partial charge in [-0.1, -0.05) is 6.07 Å². The monoisotopic (exact) mass is 266 g/mol. The molecule has 0 bridgehead atoms. The van der Waals surface area contributed by atoms with E-state index in [1.807, 2.05) is 6.07 Å². The number of pyridine rings is 1. The smallest absolute Gasteiger partial charge is 0.258 e. The zero-order valence-corrected chi connectivity index (χ0v) is 10.5. The van der Waals surface area contributed by atoms with Gasteiger partial charge in [-0.15, -0.1) is 0 Å². The van der Waals surface area contributed by atoms with E-state index in [0.717, 1.165) is 0 Å². The Kier molecular flexibility index (Phi) is 4.35. The van der Waals surface area contributed by atoms with Crippen molar-refractivity contribution < 1.29 is 10.2 Å². The number of hydrogen-bond acceptors (Lipinski definition) is 5. The van der Waals surface area contributed by atoms with Crippen LogP contribution in [0.4, 0.5) is 0 Å². The second-order valence-electron chi connectivity index (χ2n) is 3.87. The van der Waals surface area contributed by atoms with Gasteiger partial charge in [0.25, 0.3) is 5.56 Å². The Labute approximate surface area is 108 Å². The number of aromatic nitrogens is 2. The van der Waals surface area contributed by atoms with Crippen LogP contribution in [0.3, 0.4) is 0 Å². The van der Waals surface area contributed by atoms with E-state index in [1.165, 1.54) is 22.2 Å². The Morgan fingerprint density at radius 2 is 2.28 bits per heavy atom. The van der Waals surface area contributed by atoms with Gasteiger partial charge in [0.1, 0.15) is 5.65 Å². The van der Waals surface area contributed by atoms with Gasteiger partial charge in [0.2, 0.25) is 0 Å². The highest BCUT2D eigenvalue weighted by atomic mass is 32.2. The number of aliphatic hydroxyl groups is 2. The molecule has 2 heterocycles. The van der Waals surface area contributed by atoms with E-state index >= 15 is 0 Å². The van der Waals surface area contributed by atoms with Crippen LogP contribution in [0, 0.1) is 0 Å². The molecule has 0 aromatic carbocycles. The molecule has 0 saturated carbocycles. The highest BCUT2D eigenvalue weighted by Crippen LogP contribution is 2.11. The summed E-state index contributed by atoms with van der Waals surface area (Å²) in [5.41, 5.74) is 1.18. The Hall–Kier alpha value is -1.37. The fraction of sp³-hybridized carbons (Fsp3) is 0.333. The first-order chi connectivity index (χ1) is 8.70. The normalized spacial score (nSPS) is 12.8. The predicted octanol–water partition coefficient (Wildman–Crippen LogP) is 0.281. The van der Waals surface area contributed by atoms with Crippen LogP contribution in [0.25, 0.3) is 5.65 Å². The quantitative estimate of drug-likeness (QED) is 0.813. The topological polar surface area (TPSA) is 74.8 Å². The molecule has 0 aliphatic heterocycles. The van der Waals surface area contributed by atoms with Gasteiger partial charge in [0, 0.05) is 23.8 Å². The van der Waals surface area contributed by atoms with Gasteiger partial charge in [-0.25, -0.2) is 4.98 Å². The summed E-state index contributed by atoms with van der Waals surface area (Å²) in [7, 11) is 0. The van der Waals surface area contributed by atoms with E-state index in [2.05, 4.69) is 4.98 Å². The van der Waals surface area contributed by atoms with Crippen LogP contribution in [-0.4, -0.2) is 38.1 Å². The Balaban J connectivity index is 2.12. The summed E-state index contributed by atoms with van der Waals surface area (Å²) in [4.78, 5) is 16.1. The van der Waals surface area contributed by atoms with Gasteiger partial charge < -0.3 is 10.2 Å². The van der Waals surface area contributed by atoms with E-state index < -0.39 is 6.10 Å². The van der Waals surface area contributed by atoms with Gasteiger partial charge in [-0.3, -0.25) is 9.20 Å². The first-order valence-corrected chi connectivity index (χ1v) is 6.70. The maximum atomic E-state index is 11.8. The molecular weight excluding hydrogens is 252 g/mol. The van der Waals surface area contributed by atoms with Crippen molar-refractivity contribution in [3.05, 3.63) is 46.5 Å². The lowest BCUT2D eigenvalue weighted by atomic mass is 10.4. The predicted molar refractivity (Wildman–Crippen MR) is 70.7 cm³/mol. The van der Waals surface area contributed by atoms with Crippen LogP contribution in [-0.2, 0) is 5.75 Å². The molecule has 2 aromatic rings. The van der Waals surface area contributed by atoms with Crippen LogP contribution in [0.15, 0.2) is 35.3 Å². The Morgan fingerprint density at radius 1 is 1.44 bits per heavy atom. The van der Waals surface area contributed by atoms with Gasteiger partial charge >= 0.3 is 0 Å². The average Bonchev–Trinajstić information content (AvgIpc) is 2.38. The molecule has 0 aliphatic carbocycles. The van der Waals surface area contributed by atoms with E-state index in [0.29, 0.717) is 22.8 Å². The summed E-state index contributed by atoms with van der Waals surface area (Å²) in [6.07, 6.45) is 0.952. The third-order valence-electron chi connectivity index (χ3n) is 2.39. The molecule has 0 saturated heterocycles. The van der Waals surface area contributed by atoms with Crippen molar-refractivity contribution in [2.24, 2.45) is 0 Å². The third kappa shape index (κ3) is 3.10. The Bertz CT molecular complexity index is 585. The average molecular weight is 266 g/mol. The van der Waals surface area contributed by atoms with Crippen molar-refractivity contribution >= 4 is 17.4 Å². The van der Waals surface area contributed by atoms with Crippen molar-refractivity contribution in [2.45, 2.75) is 11.9 Å². The fourth-order valence-electron chi connectivity index (χ4n) is 1.53. The molecule has 0 amide bonds. The van der Waals surface area contributed by atoms with E-state index in [-0.39, 0.29) is 12.2 Å². The SMILES string of the molecule is O=c1cc(CSC[C@H](O)CO)nc2ccccn12. The standard InChI is InChI=1S/C12H14N2O3S/c15-6-10(16)8-18-7-9-5-12(17)14-4-2-1-3-11(14)13-9/h1-5,10,15-16H,6-8H2/t10-/m1/s1. The van der Waals surface area contributed by atoms with Crippen LogP contribution in [0.1, 0.15) is 5.69 Å². The summed E-state index contributed by atoms with van der Waals surface area (Å²) in [6.45, 7) is -0.249. The lowest BCUT2D eigenvalue weighted by Crippen LogP contribution is -2.16. The van der Waals surface area contributed by atoms with E-state index in [9.17, 15) is 9.90 Å². The number of nitrogens with zero attached hydrogens (tertiary/aromatic N) is 2. The highest BCUT2D eigenvalue weighted by Gasteiger charge is 2.05. The summed E-state index contributed by atoms with van der Waals surface area (Å²) >= 11 is 1.44. The van der Waals surface area contributed by atoms with Crippen molar-refractivity contribution in [1.29, 1.82) is 0 Å². The first-order valence-electron chi connectivity index (χ1n) is 5.54. The second kappa shape index (κ2) is 5.99. The third-order valence-corrected chi connectivity index (χ3v) is 3.52. The Morgan fingerprint density at radius 3 is 3.06 bits per heavy atom. The molecule has 2 rings (SSSR count). The maximum absolute atomic E-state index is 11.8. The molecule has 5 nitrogen and oxygen atoms in total. The molecule has 96 valence electrons. The summed E-state index contributed by atoms with van der Waals surface area (Å²) < 4.78 is 1.48. The first kappa shape index (κ1) is 13.1. The van der Waals surface area contributed by atoms with Gasteiger partial charge in [-0.2, -0.15) is 11.8 Å². The summed E-state index contributed by atoms with van der Waals surface area (Å²) in [6, 6.07) is 6.87. The highest BCUT2D eigenvalue weighted by molar-refractivity contribution is 7.98. The van der Waals surface area contributed by atoms with Crippen molar-refractivity contribution in [3.8, 4) is 0 Å². The molecule has 2 N–H and O–H groups in total. The fourth-order valence-corrected chi connectivity index (χ4v) is 2.38. The largest absolute Gasteiger partial charge is 0.394 e. The summed E-state index contributed by atoms with van der Waals surface area (Å²) in [5, 5.41) is 17.9. The van der Waals surface area contributed by atoms with Crippen LogP contribution >= 0.6 is 11.8 Å². The zero-order valence-electron chi connectivity index (χ0n) is 9.69. The van der Waals surface area contributed by atoms with Gasteiger partial charge in [0.05, 0.1) is 18.4 Å². The van der Waals surface area contributed by atoms with Crippen molar-refractivity contribution in [1.82, 2.24) is 9.38 Å². The number of hydrogen-bond donors (Lipinski definition) is 2. The molecule has 2 aromatic heterocycles. The van der Waals surface area contributed by atoms with Crippen molar-refractivity contribution in [3.63, 3.8) is 0 Å². The van der Waals surface area contributed by atoms with E-state index in [1.54, 1.807) is 18.3 Å². The molecule has 6 heteroatoms. The number of aliphatic hydroxyl groups excluding tert-OH is 2. The molecule has 18 heavy (non-hydrogen) atoms. The molecule has 0 unspecified atom stereocenters. The van der Waals surface area contributed by atoms with E-state index in [4.69, 9.17) is 5.11 Å². The summed E-state index contributed by atoms with van der Waals surface area (Å²) in [5.74, 6) is 0.962. The van der Waals surface area contributed by atoms with Crippen LogP contribution in [0.2, 0.25) is 0 Å². The molecule has 0 spiro atoms. The van der Waals surface area contributed by atoms with Crippen molar-refractivity contribution in [2.75, 3.05) is 12.4 Å². The van der Waals surface area contributed by atoms with Gasteiger partial charge in [-0.05, 0) is 12.1 Å². The maximum Gasteiger partial charge on any atom is 0.258 e. The van der Waals surface area contributed by atoms with Gasteiger partial charge in [0.15, 0.2) is 0 Å². The molecule has 0 radical (unpaired) electrons. The lowest BCUT2D eigenvalue weighted by molar-refractivity contribution is 0.113. The minimum atomic E-state index is -0.725. The zero-order chi connectivity index (χ0) is 13.0. The van der Waals surface area contributed by atoms with Crippen LogP contribution in [0.5, 0.6) is 0 Å². The lowest BCUT2D eigenvalue weighted by Gasteiger charge is -2.06. The molecule has 0 aliphatic rings. The minimum Gasteiger partial charge on any atom is -0.394 e. The van der Waals surface area contributed by atoms with Crippen LogP contribution < -0.4 is 5.56 Å². The minimum absolute atomic E-state index is 0.112. The second-order valence-corrected chi connectivity index (χ2v) is 4.90. The molecule has 1 atom stereocenters. The number of rotatable bonds is 5. The molecular formula is C12H14N2O3S. The molecule has 0 fully saturated rings. The number of thioether (sulfide) groups is 1. The number of fused-ring (bicyclic) bond motifs is 1.